The number of rotatable bonds is 2. The van der Waals surface area contributed by atoms with E-state index in [1.54, 1.807) is 0 Å². The van der Waals surface area contributed by atoms with Gasteiger partial charge in [-0.1, -0.05) is 0 Å². The highest BCUT2D eigenvalue weighted by atomic mass is 15.1. The molecule has 0 aliphatic carbocycles. The van der Waals surface area contributed by atoms with Gasteiger partial charge in [-0.3, -0.25) is 5.10 Å². The zero-order chi connectivity index (χ0) is 9.10. The van der Waals surface area contributed by atoms with Crippen molar-refractivity contribution in [3.8, 4) is 0 Å². The minimum absolute atomic E-state index is 0.560. The molecule has 0 amide bonds. The van der Waals surface area contributed by atoms with Crippen LogP contribution in [0.5, 0.6) is 0 Å². The van der Waals surface area contributed by atoms with E-state index in [1.807, 2.05) is 13.1 Å². The summed E-state index contributed by atoms with van der Waals surface area (Å²) >= 11 is 0. The van der Waals surface area contributed by atoms with Crippen LogP contribution in [-0.4, -0.2) is 29.3 Å². The van der Waals surface area contributed by atoms with Crippen molar-refractivity contribution in [3.05, 3.63) is 11.9 Å². The van der Waals surface area contributed by atoms with Gasteiger partial charge in [0, 0.05) is 12.6 Å². The van der Waals surface area contributed by atoms with Crippen molar-refractivity contribution in [2.45, 2.75) is 25.8 Å². The quantitative estimate of drug-likeness (QED) is 0.633. The Morgan fingerprint density at radius 3 is 3.15 bits per heavy atom. The van der Waals surface area contributed by atoms with Crippen LogP contribution in [-0.2, 0) is 0 Å². The van der Waals surface area contributed by atoms with Crippen molar-refractivity contribution in [2.24, 2.45) is 0 Å². The Balaban J connectivity index is 1.93. The summed E-state index contributed by atoms with van der Waals surface area (Å²) in [4.78, 5) is 0. The van der Waals surface area contributed by atoms with Crippen LogP contribution in [0.15, 0.2) is 6.20 Å². The van der Waals surface area contributed by atoms with E-state index in [0.29, 0.717) is 6.04 Å². The van der Waals surface area contributed by atoms with Crippen LogP contribution in [0.4, 0.5) is 5.69 Å². The molecular formula is C9H16N4. The van der Waals surface area contributed by atoms with Gasteiger partial charge in [-0.2, -0.15) is 5.10 Å². The Bertz CT molecular complexity index is 262. The first-order valence-corrected chi connectivity index (χ1v) is 4.83. The molecule has 13 heavy (non-hydrogen) atoms. The molecule has 4 heteroatoms. The van der Waals surface area contributed by atoms with Crippen LogP contribution in [0, 0.1) is 6.92 Å². The third-order valence-electron chi connectivity index (χ3n) is 2.49. The first-order valence-electron chi connectivity index (χ1n) is 4.83. The predicted octanol–water partition coefficient (Wildman–Crippen LogP) is 0.882. The number of hydrogen-bond acceptors (Lipinski definition) is 3. The molecule has 1 saturated heterocycles. The van der Waals surface area contributed by atoms with E-state index in [4.69, 9.17) is 0 Å². The van der Waals surface area contributed by atoms with Crippen LogP contribution in [0.2, 0.25) is 0 Å². The number of aromatic nitrogens is 2. The highest BCUT2D eigenvalue weighted by Gasteiger charge is 2.13. The summed E-state index contributed by atoms with van der Waals surface area (Å²) in [5.41, 5.74) is 2.25. The summed E-state index contributed by atoms with van der Waals surface area (Å²) in [6.07, 6.45) is 4.36. The van der Waals surface area contributed by atoms with E-state index in [-0.39, 0.29) is 0 Å². The molecule has 1 aliphatic rings. The number of anilines is 1. The minimum Gasteiger partial charge on any atom is -0.378 e. The molecule has 3 N–H and O–H groups in total. The fourth-order valence-electron chi connectivity index (χ4n) is 1.69. The molecule has 1 unspecified atom stereocenters. The van der Waals surface area contributed by atoms with Gasteiger partial charge in [0.25, 0.3) is 0 Å². The molecule has 2 heterocycles. The monoisotopic (exact) mass is 180 g/mol. The van der Waals surface area contributed by atoms with Gasteiger partial charge in [-0.15, -0.1) is 0 Å². The van der Waals surface area contributed by atoms with Crippen LogP contribution >= 0.6 is 0 Å². The molecule has 1 aromatic heterocycles. The highest BCUT2D eigenvalue weighted by Crippen LogP contribution is 2.14. The van der Waals surface area contributed by atoms with Gasteiger partial charge in [-0.25, -0.2) is 0 Å². The number of piperidine rings is 1. The number of aryl methyl sites for hydroxylation is 1. The lowest BCUT2D eigenvalue weighted by molar-refractivity contribution is 0.480. The molecule has 2 rings (SSSR count). The Labute approximate surface area is 78.1 Å². The molecule has 0 spiro atoms. The largest absolute Gasteiger partial charge is 0.378 e. The van der Waals surface area contributed by atoms with Crippen molar-refractivity contribution >= 4 is 5.69 Å². The lowest BCUT2D eigenvalue weighted by Gasteiger charge is -2.24. The maximum absolute atomic E-state index is 3.98. The van der Waals surface area contributed by atoms with Gasteiger partial charge in [0.2, 0.25) is 0 Å². The Morgan fingerprint density at radius 2 is 2.54 bits per heavy atom. The molecule has 1 fully saturated rings. The molecule has 0 aromatic carbocycles. The second-order valence-corrected chi connectivity index (χ2v) is 3.60. The predicted molar refractivity (Wildman–Crippen MR) is 52.8 cm³/mol. The summed E-state index contributed by atoms with van der Waals surface area (Å²) in [5.74, 6) is 0. The van der Waals surface area contributed by atoms with Crippen LogP contribution < -0.4 is 10.6 Å². The lowest BCUT2D eigenvalue weighted by Crippen LogP contribution is -2.38. The summed E-state index contributed by atoms with van der Waals surface area (Å²) in [6, 6.07) is 0.560. The van der Waals surface area contributed by atoms with Gasteiger partial charge in [-0.05, 0) is 26.3 Å². The van der Waals surface area contributed by atoms with E-state index in [1.165, 1.54) is 12.8 Å². The molecule has 72 valence electrons. The third-order valence-corrected chi connectivity index (χ3v) is 2.49. The molecule has 0 bridgehead atoms. The molecule has 1 aliphatic heterocycles. The van der Waals surface area contributed by atoms with Crippen LogP contribution in [0.1, 0.15) is 18.5 Å². The molecule has 0 saturated carbocycles. The SMILES string of the molecule is Cc1[nH]ncc1NC1CCCNC1. The highest BCUT2D eigenvalue weighted by molar-refractivity contribution is 5.46. The standard InChI is InChI=1S/C9H16N4/c1-7-9(6-11-13-7)12-8-3-2-4-10-5-8/h6,8,10,12H,2-5H2,1H3,(H,11,13). The van der Waals surface area contributed by atoms with Gasteiger partial charge in [0.15, 0.2) is 0 Å². The third kappa shape index (κ3) is 2.01. The summed E-state index contributed by atoms with van der Waals surface area (Å²) in [7, 11) is 0. The fraction of sp³-hybridized carbons (Fsp3) is 0.667. The number of aromatic amines is 1. The van der Waals surface area contributed by atoms with Crippen molar-refractivity contribution < 1.29 is 0 Å². The number of nitrogens with one attached hydrogen (secondary N) is 3. The molecular weight excluding hydrogens is 164 g/mol. The van der Waals surface area contributed by atoms with E-state index in [9.17, 15) is 0 Å². The Kier molecular flexibility index (Phi) is 2.49. The van der Waals surface area contributed by atoms with E-state index >= 15 is 0 Å². The fourth-order valence-corrected chi connectivity index (χ4v) is 1.69. The van der Waals surface area contributed by atoms with Gasteiger partial charge in [0.1, 0.15) is 0 Å². The molecule has 1 aromatic rings. The van der Waals surface area contributed by atoms with Gasteiger partial charge >= 0.3 is 0 Å². The first kappa shape index (κ1) is 8.56. The average molecular weight is 180 g/mol. The van der Waals surface area contributed by atoms with Crippen molar-refractivity contribution in [3.63, 3.8) is 0 Å². The Morgan fingerprint density at radius 1 is 1.62 bits per heavy atom. The number of hydrogen-bond donors (Lipinski definition) is 3. The first-order chi connectivity index (χ1) is 6.36. The van der Waals surface area contributed by atoms with E-state index in [2.05, 4.69) is 20.8 Å². The second kappa shape index (κ2) is 3.79. The maximum atomic E-state index is 3.98. The summed E-state index contributed by atoms with van der Waals surface area (Å²) in [6.45, 7) is 4.25. The summed E-state index contributed by atoms with van der Waals surface area (Å²) < 4.78 is 0. The normalized spacial score (nSPS) is 23.0. The number of nitrogens with zero attached hydrogens (tertiary/aromatic N) is 1. The Hall–Kier alpha value is -1.03. The van der Waals surface area contributed by atoms with Crippen LogP contribution in [0.25, 0.3) is 0 Å². The smallest absolute Gasteiger partial charge is 0.0756 e. The van der Waals surface area contributed by atoms with E-state index in [0.717, 1.165) is 24.5 Å². The van der Waals surface area contributed by atoms with Gasteiger partial charge < -0.3 is 10.6 Å². The van der Waals surface area contributed by atoms with Crippen molar-refractivity contribution in [1.82, 2.24) is 15.5 Å². The van der Waals surface area contributed by atoms with E-state index < -0.39 is 0 Å². The molecule has 0 radical (unpaired) electrons. The lowest BCUT2D eigenvalue weighted by atomic mass is 10.1. The zero-order valence-electron chi connectivity index (χ0n) is 7.93. The molecule has 1 atom stereocenters. The van der Waals surface area contributed by atoms with Crippen molar-refractivity contribution in [1.29, 1.82) is 0 Å². The van der Waals surface area contributed by atoms with Gasteiger partial charge in [0.05, 0.1) is 17.6 Å². The average Bonchev–Trinajstić information content (AvgIpc) is 2.54. The topological polar surface area (TPSA) is 52.7 Å². The molecule has 4 nitrogen and oxygen atoms in total. The second-order valence-electron chi connectivity index (χ2n) is 3.60. The van der Waals surface area contributed by atoms with Crippen molar-refractivity contribution in [2.75, 3.05) is 18.4 Å². The zero-order valence-corrected chi connectivity index (χ0v) is 7.93. The number of H-pyrrole nitrogens is 1. The minimum atomic E-state index is 0.560. The maximum Gasteiger partial charge on any atom is 0.0756 e. The van der Waals surface area contributed by atoms with Crippen LogP contribution in [0.3, 0.4) is 0 Å². The summed E-state index contributed by atoms with van der Waals surface area (Å²) in [5, 5.41) is 13.8.